The minimum Gasteiger partial charge on any atom is -0.350 e. The number of nitrogens with zero attached hydrogens (tertiary/aromatic N) is 1. The number of rotatable bonds is 4. The molecule has 0 saturated carbocycles. The summed E-state index contributed by atoms with van der Waals surface area (Å²) in [5, 5.41) is 4.95. The summed E-state index contributed by atoms with van der Waals surface area (Å²) in [6.45, 7) is 5.29. The van der Waals surface area contributed by atoms with Gasteiger partial charge in [-0.2, -0.15) is 0 Å². The van der Waals surface area contributed by atoms with Crippen molar-refractivity contribution in [3.05, 3.63) is 22.4 Å². The maximum absolute atomic E-state index is 11.8. The Balaban J connectivity index is 1.75. The molecule has 0 spiro atoms. The molecule has 1 atom stereocenters. The van der Waals surface area contributed by atoms with Crippen LogP contribution in [0.3, 0.4) is 0 Å². The van der Waals surface area contributed by atoms with E-state index in [9.17, 15) is 4.79 Å². The van der Waals surface area contributed by atoms with Gasteiger partial charge in [0.15, 0.2) is 0 Å². The second-order valence-electron chi connectivity index (χ2n) is 4.63. The number of amides is 1. The number of likely N-dealkylation sites (tertiary alicyclic amines) is 1. The maximum Gasteiger partial charge on any atom is 0.261 e. The quantitative estimate of drug-likeness (QED) is 0.892. The highest BCUT2D eigenvalue weighted by Crippen LogP contribution is 2.12. The van der Waals surface area contributed by atoms with Crippen LogP contribution in [0.2, 0.25) is 0 Å². The summed E-state index contributed by atoms with van der Waals surface area (Å²) < 4.78 is 0. The number of hydrogen-bond acceptors (Lipinski definition) is 3. The summed E-state index contributed by atoms with van der Waals surface area (Å²) >= 11 is 1.49. The molecule has 17 heavy (non-hydrogen) atoms. The summed E-state index contributed by atoms with van der Waals surface area (Å²) in [6.07, 6.45) is 3.94. The second kappa shape index (κ2) is 6.17. The van der Waals surface area contributed by atoms with Crippen molar-refractivity contribution in [3.8, 4) is 0 Å². The molecular formula is C13H20N2OS. The molecule has 1 fully saturated rings. The van der Waals surface area contributed by atoms with E-state index in [4.69, 9.17) is 0 Å². The smallest absolute Gasteiger partial charge is 0.261 e. The predicted molar refractivity (Wildman–Crippen MR) is 71.5 cm³/mol. The van der Waals surface area contributed by atoms with Crippen molar-refractivity contribution in [1.29, 1.82) is 0 Å². The predicted octanol–water partition coefficient (Wildman–Crippen LogP) is 2.35. The molecule has 0 aromatic carbocycles. The average Bonchev–Trinajstić information content (AvgIpc) is 2.90. The molecular weight excluding hydrogens is 232 g/mol. The van der Waals surface area contributed by atoms with Gasteiger partial charge in [-0.25, -0.2) is 0 Å². The van der Waals surface area contributed by atoms with Crippen LogP contribution in [0.4, 0.5) is 0 Å². The second-order valence-corrected chi connectivity index (χ2v) is 5.58. The zero-order valence-corrected chi connectivity index (χ0v) is 11.1. The molecule has 2 rings (SSSR count). The summed E-state index contributed by atoms with van der Waals surface area (Å²) in [4.78, 5) is 15.0. The van der Waals surface area contributed by atoms with Crippen molar-refractivity contribution < 1.29 is 4.79 Å². The third kappa shape index (κ3) is 3.54. The monoisotopic (exact) mass is 252 g/mol. The van der Waals surface area contributed by atoms with Crippen LogP contribution in [0.15, 0.2) is 17.5 Å². The Morgan fingerprint density at radius 1 is 1.47 bits per heavy atom. The zero-order chi connectivity index (χ0) is 12.1. The first-order chi connectivity index (χ1) is 8.27. The van der Waals surface area contributed by atoms with Gasteiger partial charge in [0.2, 0.25) is 0 Å². The van der Waals surface area contributed by atoms with E-state index in [0.29, 0.717) is 6.04 Å². The largest absolute Gasteiger partial charge is 0.350 e. The number of piperidine rings is 1. The first-order valence-corrected chi connectivity index (χ1v) is 7.21. The highest BCUT2D eigenvalue weighted by Gasteiger charge is 2.17. The molecule has 1 aromatic rings. The molecule has 0 radical (unpaired) electrons. The fraction of sp³-hybridized carbons (Fsp3) is 0.615. The molecule has 1 aliphatic rings. The number of carbonyl (C=O) groups is 1. The minimum atomic E-state index is 0.0591. The SMILES string of the molecule is CC(CNC(=O)c1cccs1)N1CCCCC1. The van der Waals surface area contributed by atoms with Crippen LogP contribution >= 0.6 is 11.3 Å². The van der Waals surface area contributed by atoms with Gasteiger partial charge in [-0.05, 0) is 44.3 Å². The van der Waals surface area contributed by atoms with E-state index in [1.54, 1.807) is 0 Å². The van der Waals surface area contributed by atoms with Crippen LogP contribution < -0.4 is 5.32 Å². The number of thiophene rings is 1. The molecule has 2 heterocycles. The van der Waals surface area contributed by atoms with Crippen molar-refractivity contribution in [3.63, 3.8) is 0 Å². The van der Waals surface area contributed by atoms with Crippen molar-refractivity contribution in [2.24, 2.45) is 0 Å². The summed E-state index contributed by atoms with van der Waals surface area (Å²) in [5.41, 5.74) is 0. The van der Waals surface area contributed by atoms with Gasteiger partial charge in [-0.3, -0.25) is 9.69 Å². The fourth-order valence-electron chi connectivity index (χ4n) is 2.22. The molecule has 0 bridgehead atoms. The van der Waals surface area contributed by atoms with Gasteiger partial charge in [-0.1, -0.05) is 12.5 Å². The normalized spacial score (nSPS) is 18.9. The van der Waals surface area contributed by atoms with E-state index < -0.39 is 0 Å². The average molecular weight is 252 g/mol. The Hall–Kier alpha value is -0.870. The Bertz CT molecular complexity index is 344. The molecule has 1 saturated heterocycles. The van der Waals surface area contributed by atoms with Gasteiger partial charge in [-0.15, -0.1) is 11.3 Å². The minimum absolute atomic E-state index is 0.0591. The maximum atomic E-state index is 11.8. The molecule has 4 heteroatoms. The molecule has 3 nitrogen and oxygen atoms in total. The third-order valence-corrected chi connectivity index (χ3v) is 4.19. The van der Waals surface area contributed by atoms with E-state index in [1.165, 1.54) is 43.7 Å². The Morgan fingerprint density at radius 2 is 2.24 bits per heavy atom. The Kier molecular flexibility index (Phi) is 4.57. The zero-order valence-electron chi connectivity index (χ0n) is 10.3. The lowest BCUT2D eigenvalue weighted by molar-refractivity contribution is 0.0934. The van der Waals surface area contributed by atoms with Gasteiger partial charge in [0, 0.05) is 12.6 Å². The van der Waals surface area contributed by atoms with Gasteiger partial charge in [0.05, 0.1) is 4.88 Å². The van der Waals surface area contributed by atoms with Gasteiger partial charge >= 0.3 is 0 Å². The van der Waals surface area contributed by atoms with Crippen LogP contribution in [0.25, 0.3) is 0 Å². The van der Waals surface area contributed by atoms with Crippen LogP contribution in [0, 0.1) is 0 Å². The summed E-state index contributed by atoms with van der Waals surface area (Å²) in [7, 11) is 0. The van der Waals surface area contributed by atoms with Crippen LogP contribution in [-0.4, -0.2) is 36.5 Å². The lowest BCUT2D eigenvalue weighted by Crippen LogP contribution is -2.44. The fourth-order valence-corrected chi connectivity index (χ4v) is 2.86. The van der Waals surface area contributed by atoms with E-state index in [2.05, 4.69) is 17.1 Å². The molecule has 94 valence electrons. The first kappa shape index (κ1) is 12.6. The van der Waals surface area contributed by atoms with Crippen molar-refractivity contribution >= 4 is 17.2 Å². The highest BCUT2D eigenvalue weighted by molar-refractivity contribution is 7.12. The molecule has 0 aliphatic carbocycles. The van der Waals surface area contributed by atoms with E-state index in [0.717, 1.165) is 11.4 Å². The molecule has 1 aromatic heterocycles. The molecule has 1 aliphatic heterocycles. The lowest BCUT2D eigenvalue weighted by Gasteiger charge is -2.32. The van der Waals surface area contributed by atoms with E-state index in [-0.39, 0.29) is 5.91 Å². The van der Waals surface area contributed by atoms with Crippen LogP contribution in [-0.2, 0) is 0 Å². The Morgan fingerprint density at radius 3 is 2.88 bits per heavy atom. The van der Waals surface area contributed by atoms with E-state index >= 15 is 0 Å². The Labute approximate surface area is 107 Å². The van der Waals surface area contributed by atoms with Crippen molar-refractivity contribution in [2.75, 3.05) is 19.6 Å². The van der Waals surface area contributed by atoms with Crippen LogP contribution in [0.5, 0.6) is 0 Å². The molecule has 1 amide bonds. The summed E-state index contributed by atoms with van der Waals surface area (Å²) in [6, 6.07) is 4.22. The standard InChI is InChI=1S/C13H20N2OS/c1-11(15-7-3-2-4-8-15)10-14-13(16)12-6-5-9-17-12/h5-6,9,11H,2-4,7-8,10H2,1H3,(H,14,16). The topological polar surface area (TPSA) is 32.3 Å². The first-order valence-electron chi connectivity index (χ1n) is 6.33. The number of hydrogen-bond donors (Lipinski definition) is 1. The van der Waals surface area contributed by atoms with Gasteiger partial charge in [0.1, 0.15) is 0 Å². The number of nitrogens with one attached hydrogen (secondary N) is 1. The van der Waals surface area contributed by atoms with Crippen molar-refractivity contribution in [1.82, 2.24) is 10.2 Å². The lowest BCUT2D eigenvalue weighted by atomic mass is 10.1. The van der Waals surface area contributed by atoms with Crippen LogP contribution in [0.1, 0.15) is 35.9 Å². The summed E-state index contributed by atoms with van der Waals surface area (Å²) in [5.74, 6) is 0.0591. The molecule has 1 unspecified atom stereocenters. The highest BCUT2D eigenvalue weighted by atomic mass is 32.1. The van der Waals surface area contributed by atoms with Gasteiger partial charge in [0.25, 0.3) is 5.91 Å². The third-order valence-electron chi connectivity index (χ3n) is 3.32. The van der Waals surface area contributed by atoms with Gasteiger partial charge < -0.3 is 5.32 Å². The van der Waals surface area contributed by atoms with Crippen molar-refractivity contribution in [2.45, 2.75) is 32.2 Å². The van der Waals surface area contributed by atoms with E-state index in [1.807, 2.05) is 17.5 Å². The number of carbonyl (C=O) groups excluding carboxylic acids is 1. The molecule has 1 N–H and O–H groups in total.